The normalized spacial score (nSPS) is 18.2. The zero-order valence-corrected chi connectivity index (χ0v) is 22.9. The Bertz CT molecular complexity index is 1690. The van der Waals surface area contributed by atoms with Gasteiger partial charge in [0.2, 0.25) is 0 Å². The molecular formula is C29H29N5O5S. The van der Waals surface area contributed by atoms with Crippen LogP contribution in [0.3, 0.4) is 0 Å². The molecule has 1 saturated heterocycles. The number of sulfone groups is 1. The molecule has 11 heteroatoms. The molecule has 5 heterocycles. The summed E-state index contributed by atoms with van der Waals surface area (Å²) < 4.78 is 36.0. The van der Waals surface area contributed by atoms with E-state index < -0.39 is 9.84 Å². The quantitative estimate of drug-likeness (QED) is 0.379. The Hall–Kier alpha value is -3.93. The molecule has 1 N–H and O–H groups in total. The number of rotatable bonds is 6. The molecule has 10 nitrogen and oxygen atoms in total. The number of carbonyl (C=O) groups excluding carboxylic acids is 1. The van der Waals surface area contributed by atoms with Crippen LogP contribution in [0.15, 0.2) is 65.7 Å². The van der Waals surface area contributed by atoms with E-state index in [-0.39, 0.29) is 41.9 Å². The summed E-state index contributed by atoms with van der Waals surface area (Å²) in [7, 11) is -1.47. The number of benzene rings is 1. The predicted octanol–water partition coefficient (Wildman–Crippen LogP) is 3.15. The summed E-state index contributed by atoms with van der Waals surface area (Å²) in [6, 6.07) is 16.6. The fourth-order valence-electron chi connectivity index (χ4n) is 4.91. The third kappa shape index (κ3) is 5.40. The number of nitrogens with one attached hydrogen (secondary N) is 1. The number of aromatic nitrogens is 3. The van der Waals surface area contributed by atoms with Crippen molar-refractivity contribution in [2.24, 2.45) is 0 Å². The van der Waals surface area contributed by atoms with E-state index in [1.807, 2.05) is 43.4 Å². The van der Waals surface area contributed by atoms with Crippen molar-refractivity contribution in [2.45, 2.75) is 30.5 Å². The van der Waals surface area contributed by atoms with Gasteiger partial charge >= 0.3 is 0 Å². The number of likely N-dealkylation sites (N-methyl/N-ethyl adjacent to an activating group) is 1. The molecule has 0 bridgehead atoms. The van der Waals surface area contributed by atoms with Crippen LogP contribution < -0.4 is 10.2 Å². The van der Waals surface area contributed by atoms with Crippen LogP contribution in [0.2, 0.25) is 0 Å². The van der Waals surface area contributed by atoms with Crippen molar-refractivity contribution in [3.05, 3.63) is 77.6 Å². The maximum absolute atomic E-state index is 12.9. The molecule has 0 radical (unpaired) electrons. The van der Waals surface area contributed by atoms with E-state index in [0.717, 1.165) is 41.1 Å². The van der Waals surface area contributed by atoms with Gasteiger partial charge in [-0.15, -0.1) is 0 Å². The van der Waals surface area contributed by atoms with Crippen LogP contribution in [0, 0.1) is 0 Å². The third-order valence-corrected chi connectivity index (χ3v) is 9.04. The van der Waals surface area contributed by atoms with E-state index in [9.17, 15) is 13.2 Å². The molecule has 1 fully saturated rings. The Kier molecular flexibility index (Phi) is 7.18. The Balaban J connectivity index is 1.19. The SMILES string of the molecule is CN(c1cccc(-c2ccc3cnc(CNC(=O)c4ccc5c(c4)S(=O)(=O)CCOC5)cc3n2)n1)[C@H]1CCOC1. The van der Waals surface area contributed by atoms with Crippen LogP contribution in [0.5, 0.6) is 0 Å². The van der Waals surface area contributed by atoms with Crippen LogP contribution in [0.4, 0.5) is 5.82 Å². The van der Waals surface area contributed by atoms with Gasteiger partial charge in [0.05, 0.1) is 65.7 Å². The molecular weight excluding hydrogens is 530 g/mol. The van der Waals surface area contributed by atoms with Gasteiger partial charge < -0.3 is 19.7 Å². The van der Waals surface area contributed by atoms with Crippen LogP contribution >= 0.6 is 0 Å². The number of amides is 1. The number of fused-ring (bicyclic) bond motifs is 2. The van der Waals surface area contributed by atoms with Gasteiger partial charge in [-0.1, -0.05) is 12.1 Å². The fourth-order valence-corrected chi connectivity index (χ4v) is 6.30. The summed E-state index contributed by atoms with van der Waals surface area (Å²) in [6.07, 6.45) is 2.70. The molecule has 40 heavy (non-hydrogen) atoms. The largest absolute Gasteiger partial charge is 0.379 e. The molecule has 1 amide bonds. The maximum Gasteiger partial charge on any atom is 0.251 e. The van der Waals surface area contributed by atoms with Gasteiger partial charge in [-0.3, -0.25) is 9.78 Å². The topological polar surface area (TPSA) is 124 Å². The lowest BCUT2D eigenvalue weighted by Crippen LogP contribution is -2.32. The highest BCUT2D eigenvalue weighted by molar-refractivity contribution is 7.91. The van der Waals surface area contributed by atoms with Crippen molar-refractivity contribution < 1.29 is 22.7 Å². The Morgan fingerprint density at radius 1 is 1.05 bits per heavy atom. The highest BCUT2D eigenvalue weighted by atomic mass is 32.2. The molecule has 2 aliphatic rings. The Labute approximate surface area is 232 Å². The number of carbonyl (C=O) groups is 1. The molecule has 2 aliphatic heterocycles. The van der Waals surface area contributed by atoms with Gasteiger partial charge in [0.1, 0.15) is 5.82 Å². The summed E-state index contributed by atoms with van der Waals surface area (Å²) in [4.78, 5) is 29.3. The minimum atomic E-state index is -3.50. The first kappa shape index (κ1) is 26.3. The zero-order chi connectivity index (χ0) is 27.7. The Morgan fingerprint density at radius 2 is 1.93 bits per heavy atom. The number of pyridine rings is 3. The lowest BCUT2D eigenvalue weighted by molar-refractivity contribution is 0.0950. The van der Waals surface area contributed by atoms with E-state index in [0.29, 0.717) is 23.9 Å². The van der Waals surface area contributed by atoms with E-state index >= 15 is 0 Å². The van der Waals surface area contributed by atoms with Gasteiger partial charge in [0, 0.05) is 30.8 Å². The summed E-state index contributed by atoms with van der Waals surface area (Å²) in [6.45, 7) is 1.97. The van der Waals surface area contributed by atoms with Crippen molar-refractivity contribution >= 4 is 32.5 Å². The molecule has 0 aliphatic carbocycles. The van der Waals surface area contributed by atoms with E-state index in [1.165, 1.54) is 6.07 Å². The molecule has 0 unspecified atom stereocenters. The highest BCUT2D eigenvalue weighted by Crippen LogP contribution is 2.25. The van der Waals surface area contributed by atoms with Gasteiger partial charge in [-0.2, -0.15) is 0 Å². The summed E-state index contributed by atoms with van der Waals surface area (Å²) in [5.41, 5.74) is 3.70. The summed E-state index contributed by atoms with van der Waals surface area (Å²) in [5.74, 6) is 0.378. The standard InChI is InChI=1S/C29H29N5O5S/c1-34(23-9-10-38-18-23)28-4-2-3-24(33-28)25-8-7-20-15-30-22(14-26(20)32-25)16-31-29(35)19-5-6-21-17-39-11-12-40(36,37)27(21)13-19/h2-8,13-15,23H,9-12,16-18H2,1H3,(H,31,35)/t23-/m0/s1. The molecule has 3 aromatic heterocycles. The second-order valence-electron chi connectivity index (χ2n) is 9.95. The Morgan fingerprint density at radius 3 is 2.77 bits per heavy atom. The van der Waals surface area contributed by atoms with E-state index in [2.05, 4.69) is 15.2 Å². The van der Waals surface area contributed by atoms with Crippen molar-refractivity contribution in [3.63, 3.8) is 0 Å². The lowest BCUT2D eigenvalue weighted by atomic mass is 10.1. The second kappa shape index (κ2) is 10.9. The van der Waals surface area contributed by atoms with Crippen LogP contribution in [0.25, 0.3) is 22.3 Å². The first-order valence-corrected chi connectivity index (χ1v) is 14.8. The third-order valence-electron chi connectivity index (χ3n) is 7.29. The molecule has 206 valence electrons. The minimum absolute atomic E-state index is 0.104. The van der Waals surface area contributed by atoms with Gasteiger partial charge in [-0.05, 0) is 54.4 Å². The second-order valence-corrected chi connectivity index (χ2v) is 12.0. The number of hydrogen-bond acceptors (Lipinski definition) is 9. The maximum atomic E-state index is 12.9. The fraction of sp³-hybridized carbons (Fsp3) is 0.310. The number of hydrogen-bond donors (Lipinski definition) is 1. The van der Waals surface area contributed by atoms with Crippen LogP contribution in [-0.2, 0) is 32.5 Å². The monoisotopic (exact) mass is 559 g/mol. The van der Waals surface area contributed by atoms with Crippen molar-refractivity contribution in [1.29, 1.82) is 0 Å². The minimum Gasteiger partial charge on any atom is -0.379 e. The molecule has 1 atom stereocenters. The number of ether oxygens (including phenoxy) is 2. The first-order chi connectivity index (χ1) is 19.4. The number of nitrogens with zero attached hydrogens (tertiary/aromatic N) is 4. The lowest BCUT2D eigenvalue weighted by Gasteiger charge is -2.24. The average Bonchev–Trinajstić information content (AvgIpc) is 3.47. The molecule has 6 rings (SSSR count). The van der Waals surface area contributed by atoms with Crippen molar-refractivity contribution in [2.75, 3.05) is 37.5 Å². The zero-order valence-electron chi connectivity index (χ0n) is 22.0. The van der Waals surface area contributed by atoms with Gasteiger partial charge in [0.25, 0.3) is 5.91 Å². The predicted molar refractivity (Wildman–Crippen MR) is 150 cm³/mol. The van der Waals surface area contributed by atoms with E-state index in [4.69, 9.17) is 19.4 Å². The smallest absolute Gasteiger partial charge is 0.251 e. The average molecular weight is 560 g/mol. The van der Waals surface area contributed by atoms with Gasteiger partial charge in [0.15, 0.2) is 9.84 Å². The van der Waals surface area contributed by atoms with E-state index in [1.54, 1.807) is 18.3 Å². The molecule has 4 aromatic rings. The summed E-state index contributed by atoms with van der Waals surface area (Å²) >= 11 is 0. The molecule has 1 aromatic carbocycles. The molecule has 0 saturated carbocycles. The van der Waals surface area contributed by atoms with Crippen molar-refractivity contribution in [1.82, 2.24) is 20.3 Å². The highest BCUT2D eigenvalue weighted by Gasteiger charge is 2.24. The summed E-state index contributed by atoms with van der Waals surface area (Å²) in [5, 5.41) is 3.71. The molecule has 0 spiro atoms. The van der Waals surface area contributed by atoms with Gasteiger partial charge in [-0.25, -0.2) is 18.4 Å². The number of anilines is 1. The van der Waals surface area contributed by atoms with Crippen LogP contribution in [-0.4, -0.2) is 67.9 Å². The first-order valence-electron chi connectivity index (χ1n) is 13.1. The van der Waals surface area contributed by atoms with Crippen molar-refractivity contribution in [3.8, 4) is 11.4 Å². The van der Waals surface area contributed by atoms with Crippen LogP contribution in [0.1, 0.15) is 28.0 Å².